The van der Waals surface area contributed by atoms with Crippen molar-refractivity contribution >= 4 is 44.4 Å². The zero-order chi connectivity index (χ0) is 22.4. The number of carbonyl (C=O) groups excluding carboxylic acids is 1. The van der Waals surface area contributed by atoms with Crippen LogP contribution in [0.1, 0.15) is 31.4 Å². The zero-order valence-electron chi connectivity index (χ0n) is 17.5. The predicted octanol–water partition coefficient (Wildman–Crippen LogP) is 4.14. The summed E-state index contributed by atoms with van der Waals surface area (Å²) >= 11 is 0. The Kier molecular flexibility index (Phi) is 6.61. The molecule has 1 aliphatic rings. The maximum absolute atomic E-state index is 12.7. The minimum atomic E-state index is -3.77. The Balaban J connectivity index is 1.43. The first kappa shape index (κ1) is 21.7. The van der Waals surface area contributed by atoms with Crippen molar-refractivity contribution in [2.24, 2.45) is 4.99 Å². The molecule has 2 aromatic carbocycles. The largest absolute Gasteiger partial charge is 0.322 e. The summed E-state index contributed by atoms with van der Waals surface area (Å²) in [6.07, 6.45) is 6.53. The number of anilines is 1. The van der Waals surface area contributed by atoms with E-state index in [9.17, 15) is 13.2 Å². The molecule has 0 aliphatic carbocycles. The summed E-state index contributed by atoms with van der Waals surface area (Å²) in [4.78, 5) is 21.2. The van der Waals surface area contributed by atoms with Crippen LogP contribution < -0.4 is 10.0 Å². The number of carbonyl (C=O) groups is 1. The number of amides is 1. The molecule has 3 aromatic rings. The van der Waals surface area contributed by atoms with Crippen LogP contribution in [0.4, 0.5) is 5.69 Å². The number of benzene rings is 2. The number of aromatic nitrogens is 1. The van der Waals surface area contributed by atoms with Crippen LogP contribution >= 0.6 is 0 Å². The number of amidine groups is 1. The number of aliphatic imine (C=N–C) groups is 1. The summed E-state index contributed by atoms with van der Waals surface area (Å²) in [5, 5.41) is 3.72. The molecule has 8 heteroatoms. The van der Waals surface area contributed by atoms with Crippen molar-refractivity contribution < 1.29 is 13.2 Å². The van der Waals surface area contributed by atoms with E-state index in [4.69, 9.17) is 0 Å². The van der Waals surface area contributed by atoms with E-state index in [0.717, 1.165) is 30.2 Å². The molecule has 0 spiro atoms. The second-order valence-electron chi connectivity index (χ2n) is 7.52. The highest BCUT2D eigenvalue weighted by Crippen LogP contribution is 2.17. The molecule has 1 amide bonds. The maximum Gasteiger partial charge on any atom is 0.262 e. The Hall–Kier alpha value is -3.52. The second-order valence-corrected chi connectivity index (χ2v) is 9.21. The first-order valence-electron chi connectivity index (χ1n) is 10.5. The number of nitrogens with one attached hydrogen (secondary N) is 2. The summed E-state index contributed by atoms with van der Waals surface area (Å²) < 4.78 is 28.1. The number of hydrogen-bond donors (Lipinski definition) is 2. The Morgan fingerprint density at radius 2 is 1.84 bits per heavy atom. The second kappa shape index (κ2) is 9.74. The van der Waals surface area contributed by atoms with Crippen molar-refractivity contribution in [3.8, 4) is 0 Å². The van der Waals surface area contributed by atoms with Gasteiger partial charge in [-0.05, 0) is 49.2 Å². The lowest BCUT2D eigenvalue weighted by atomic mass is 10.2. The van der Waals surface area contributed by atoms with Crippen LogP contribution in [0.15, 0.2) is 76.6 Å². The molecule has 0 saturated carbocycles. The molecule has 1 aromatic heterocycles. The Bertz CT molecular complexity index is 1300. The van der Waals surface area contributed by atoms with E-state index in [0.29, 0.717) is 30.2 Å². The van der Waals surface area contributed by atoms with Gasteiger partial charge in [0, 0.05) is 30.1 Å². The van der Waals surface area contributed by atoms with Crippen LogP contribution in [0.5, 0.6) is 0 Å². The number of hydrogen-bond acceptors (Lipinski definition) is 5. The lowest BCUT2D eigenvalue weighted by Gasteiger charge is -2.11. The van der Waals surface area contributed by atoms with Crippen LogP contribution in [0.25, 0.3) is 17.0 Å². The highest BCUT2D eigenvalue weighted by molar-refractivity contribution is 7.90. The fourth-order valence-corrected chi connectivity index (χ4v) is 4.57. The lowest BCUT2D eigenvalue weighted by molar-refractivity contribution is -0.111. The average Bonchev–Trinajstić information content (AvgIpc) is 3.06. The Labute approximate surface area is 187 Å². The van der Waals surface area contributed by atoms with Crippen LogP contribution in [0.3, 0.4) is 0 Å². The van der Waals surface area contributed by atoms with E-state index >= 15 is 0 Å². The van der Waals surface area contributed by atoms with E-state index in [1.165, 1.54) is 18.2 Å². The Morgan fingerprint density at radius 1 is 0.969 bits per heavy atom. The van der Waals surface area contributed by atoms with Gasteiger partial charge in [0.15, 0.2) is 0 Å². The van der Waals surface area contributed by atoms with E-state index in [2.05, 4.69) is 20.0 Å². The topological polar surface area (TPSA) is 101 Å². The van der Waals surface area contributed by atoms with Gasteiger partial charge in [0.1, 0.15) is 5.84 Å². The van der Waals surface area contributed by atoms with Gasteiger partial charge in [-0.15, -0.1) is 0 Å². The van der Waals surface area contributed by atoms with Crippen molar-refractivity contribution in [2.45, 2.75) is 30.6 Å². The molecule has 0 bridgehead atoms. The summed E-state index contributed by atoms with van der Waals surface area (Å²) in [5.41, 5.74) is 1.89. The highest BCUT2D eigenvalue weighted by Gasteiger charge is 2.17. The van der Waals surface area contributed by atoms with Gasteiger partial charge in [0.2, 0.25) is 5.91 Å². The Morgan fingerprint density at radius 3 is 2.75 bits per heavy atom. The molecular weight excluding hydrogens is 424 g/mol. The van der Waals surface area contributed by atoms with Gasteiger partial charge in [-0.25, -0.2) is 13.4 Å². The van der Waals surface area contributed by atoms with E-state index in [1.54, 1.807) is 18.2 Å². The van der Waals surface area contributed by atoms with Crippen molar-refractivity contribution in [2.75, 3.05) is 11.9 Å². The fourth-order valence-electron chi connectivity index (χ4n) is 3.43. The van der Waals surface area contributed by atoms with Crippen molar-refractivity contribution in [3.05, 3.63) is 72.4 Å². The zero-order valence-corrected chi connectivity index (χ0v) is 18.3. The summed E-state index contributed by atoms with van der Waals surface area (Å²) in [7, 11) is -3.77. The van der Waals surface area contributed by atoms with Gasteiger partial charge < -0.3 is 5.32 Å². The van der Waals surface area contributed by atoms with Gasteiger partial charge in [0.05, 0.1) is 16.1 Å². The van der Waals surface area contributed by atoms with Crippen molar-refractivity contribution in [1.29, 1.82) is 0 Å². The molecule has 0 fully saturated rings. The molecule has 0 saturated heterocycles. The SMILES string of the molecule is O=C(C=Cc1ccc2ccccc2n1)Nc1cccc(S(=O)(=O)NC2=NCCCCC2)c1. The predicted molar refractivity (Wildman–Crippen MR) is 127 cm³/mol. The lowest BCUT2D eigenvalue weighted by Crippen LogP contribution is -2.30. The van der Waals surface area contributed by atoms with Crippen molar-refractivity contribution in [1.82, 2.24) is 9.71 Å². The van der Waals surface area contributed by atoms with E-state index in [1.807, 2.05) is 36.4 Å². The summed E-state index contributed by atoms with van der Waals surface area (Å²) in [5.74, 6) is 0.110. The third-order valence-electron chi connectivity index (χ3n) is 5.06. The van der Waals surface area contributed by atoms with Gasteiger partial charge >= 0.3 is 0 Å². The van der Waals surface area contributed by atoms with Crippen molar-refractivity contribution in [3.63, 3.8) is 0 Å². The van der Waals surface area contributed by atoms with Crippen LogP contribution in [0, 0.1) is 0 Å². The third kappa shape index (κ3) is 5.59. The fraction of sp³-hybridized carbons (Fsp3) is 0.208. The van der Waals surface area contributed by atoms with Gasteiger partial charge in [-0.2, -0.15) is 0 Å². The minimum Gasteiger partial charge on any atom is -0.322 e. The molecule has 7 nitrogen and oxygen atoms in total. The number of pyridine rings is 1. The molecule has 32 heavy (non-hydrogen) atoms. The number of para-hydroxylation sites is 1. The summed E-state index contributed by atoms with van der Waals surface area (Å²) in [6, 6.07) is 17.7. The smallest absolute Gasteiger partial charge is 0.262 e. The first-order valence-corrected chi connectivity index (χ1v) is 12.0. The van der Waals surface area contributed by atoms with Crippen LogP contribution in [-0.2, 0) is 14.8 Å². The number of nitrogens with zero attached hydrogens (tertiary/aromatic N) is 2. The molecule has 2 heterocycles. The van der Waals surface area contributed by atoms with Crippen LogP contribution in [0.2, 0.25) is 0 Å². The quantitative estimate of drug-likeness (QED) is 0.573. The minimum absolute atomic E-state index is 0.0717. The molecular formula is C24H24N4O3S. The molecule has 0 unspecified atom stereocenters. The molecule has 0 atom stereocenters. The normalized spacial score (nSPS) is 14.7. The van der Waals surface area contributed by atoms with Crippen LogP contribution in [-0.4, -0.2) is 31.7 Å². The average molecular weight is 449 g/mol. The molecule has 0 radical (unpaired) electrons. The molecule has 2 N–H and O–H groups in total. The number of fused-ring (bicyclic) bond motifs is 1. The van der Waals surface area contributed by atoms with Gasteiger partial charge in [-0.3, -0.25) is 14.5 Å². The molecule has 4 rings (SSSR count). The third-order valence-corrected chi connectivity index (χ3v) is 6.44. The molecule has 164 valence electrons. The number of rotatable bonds is 5. The summed E-state index contributed by atoms with van der Waals surface area (Å²) in [6.45, 7) is 0.631. The van der Waals surface area contributed by atoms with Gasteiger partial charge in [-0.1, -0.05) is 36.8 Å². The van der Waals surface area contributed by atoms with E-state index < -0.39 is 10.0 Å². The standard InChI is InChI=1S/C24H24N4O3S/c29-24(15-14-19-13-12-18-7-3-4-10-22(18)26-19)27-20-8-6-9-21(17-20)32(30,31)28-23-11-2-1-5-16-25-23/h3-4,6-10,12-15,17H,1-2,5,11,16H2,(H,25,28)(H,27,29). The molecule has 1 aliphatic heterocycles. The number of sulfonamides is 1. The monoisotopic (exact) mass is 448 g/mol. The highest BCUT2D eigenvalue weighted by atomic mass is 32.2. The maximum atomic E-state index is 12.7. The van der Waals surface area contributed by atoms with Gasteiger partial charge in [0.25, 0.3) is 10.0 Å². The van der Waals surface area contributed by atoms with E-state index in [-0.39, 0.29) is 10.8 Å². The first-order chi connectivity index (χ1) is 15.5.